The molecule has 1 atom stereocenters. The van der Waals surface area contributed by atoms with Gasteiger partial charge in [0.15, 0.2) is 6.10 Å². The summed E-state index contributed by atoms with van der Waals surface area (Å²) in [6.45, 7) is 8.95. The van der Waals surface area contributed by atoms with Crippen LogP contribution in [0.1, 0.15) is 272 Å². The first kappa shape index (κ1) is 53.4. The third kappa shape index (κ3) is 43.4. The van der Waals surface area contributed by atoms with Crippen molar-refractivity contribution in [3.63, 3.8) is 0 Å². The van der Waals surface area contributed by atoms with E-state index in [-0.39, 0.29) is 31.1 Å². The van der Waals surface area contributed by atoms with Crippen LogP contribution in [0.25, 0.3) is 0 Å². The third-order valence-electron chi connectivity index (χ3n) is 11.0. The van der Waals surface area contributed by atoms with Crippen LogP contribution in [0.3, 0.4) is 0 Å². The summed E-state index contributed by atoms with van der Waals surface area (Å²) in [7, 11) is 0. The normalized spacial score (nSPS) is 11.9. The van der Waals surface area contributed by atoms with Crippen molar-refractivity contribution in [3.8, 4) is 0 Å². The van der Waals surface area contributed by atoms with Crippen molar-refractivity contribution < 1.29 is 28.6 Å². The maximum Gasteiger partial charge on any atom is 0.306 e. The van der Waals surface area contributed by atoms with Gasteiger partial charge in [0.05, 0.1) is 0 Å². The van der Waals surface area contributed by atoms with Crippen molar-refractivity contribution >= 4 is 17.9 Å². The van der Waals surface area contributed by atoms with Crippen LogP contribution in [-0.2, 0) is 28.6 Å². The van der Waals surface area contributed by atoms with Gasteiger partial charge in [-0.05, 0) is 25.2 Å². The lowest BCUT2D eigenvalue weighted by Crippen LogP contribution is -2.30. The monoisotopic (exact) mass is 779 g/mol. The van der Waals surface area contributed by atoms with E-state index in [0.29, 0.717) is 19.3 Å². The average Bonchev–Trinajstić information content (AvgIpc) is 3.17. The fourth-order valence-electron chi connectivity index (χ4n) is 7.33. The number of hydrogen-bond acceptors (Lipinski definition) is 6. The van der Waals surface area contributed by atoms with E-state index in [1.165, 1.54) is 161 Å². The molecule has 6 nitrogen and oxygen atoms in total. The molecule has 0 fully saturated rings. The quantitative estimate of drug-likeness (QED) is 0.0348. The summed E-state index contributed by atoms with van der Waals surface area (Å²) in [4.78, 5) is 37.6. The Bertz CT molecular complexity index is 826. The second-order valence-electron chi connectivity index (χ2n) is 17.2. The molecule has 55 heavy (non-hydrogen) atoms. The SMILES string of the molecule is CCCCCCCCCCCCCCCCCC(=O)O[C@H](COC(=O)CCCCCCC)COC(=O)CCCCCCCCCCCCCCCCC(C)C. The van der Waals surface area contributed by atoms with E-state index >= 15 is 0 Å². The minimum Gasteiger partial charge on any atom is -0.462 e. The molecular weight excluding hydrogens is 685 g/mol. The van der Waals surface area contributed by atoms with Crippen molar-refractivity contribution in [3.05, 3.63) is 0 Å². The van der Waals surface area contributed by atoms with Gasteiger partial charge >= 0.3 is 17.9 Å². The fourth-order valence-corrected chi connectivity index (χ4v) is 7.33. The molecule has 0 aromatic rings. The zero-order valence-electron chi connectivity index (χ0n) is 37.4. The van der Waals surface area contributed by atoms with Crippen LogP contribution in [0, 0.1) is 5.92 Å². The van der Waals surface area contributed by atoms with Gasteiger partial charge in [0, 0.05) is 19.3 Å². The van der Waals surface area contributed by atoms with Gasteiger partial charge in [-0.3, -0.25) is 14.4 Å². The number of rotatable bonds is 44. The zero-order valence-corrected chi connectivity index (χ0v) is 37.4. The van der Waals surface area contributed by atoms with E-state index in [9.17, 15) is 14.4 Å². The molecule has 326 valence electrons. The summed E-state index contributed by atoms with van der Waals surface area (Å²) in [5, 5.41) is 0. The van der Waals surface area contributed by atoms with Gasteiger partial charge in [-0.25, -0.2) is 0 Å². The Morgan fingerprint density at radius 3 is 0.891 bits per heavy atom. The highest BCUT2D eigenvalue weighted by atomic mass is 16.6. The highest BCUT2D eigenvalue weighted by Crippen LogP contribution is 2.17. The molecule has 0 saturated heterocycles. The summed E-state index contributed by atoms with van der Waals surface area (Å²) in [5.74, 6) is -0.0178. The smallest absolute Gasteiger partial charge is 0.306 e. The van der Waals surface area contributed by atoms with Crippen molar-refractivity contribution in [1.82, 2.24) is 0 Å². The first-order valence-electron chi connectivity index (χ1n) is 24.4. The maximum absolute atomic E-state index is 12.7. The predicted molar refractivity (Wildman–Crippen MR) is 233 cm³/mol. The Labute approximate surface area is 342 Å². The molecular formula is C49H94O6. The summed E-state index contributed by atoms with van der Waals surface area (Å²) >= 11 is 0. The third-order valence-corrected chi connectivity index (χ3v) is 11.0. The van der Waals surface area contributed by atoms with Crippen LogP contribution in [0.5, 0.6) is 0 Å². The van der Waals surface area contributed by atoms with Gasteiger partial charge in [-0.1, -0.05) is 233 Å². The molecule has 0 rings (SSSR count). The topological polar surface area (TPSA) is 78.9 Å². The van der Waals surface area contributed by atoms with Crippen LogP contribution < -0.4 is 0 Å². The number of hydrogen-bond donors (Lipinski definition) is 0. The molecule has 0 amide bonds. The van der Waals surface area contributed by atoms with Crippen LogP contribution >= 0.6 is 0 Å². The summed E-state index contributed by atoms with van der Waals surface area (Å²) < 4.78 is 16.7. The van der Waals surface area contributed by atoms with Crippen molar-refractivity contribution in [2.24, 2.45) is 5.92 Å². The molecule has 0 aliphatic carbocycles. The molecule has 0 aliphatic rings. The molecule has 0 aromatic carbocycles. The number of esters is 3. The Hall–Kier alpha value is -1.59. The summed E-state index contributed by atoms with van der Waals surface area (Å²) in [6, 6.07) is 0. The Kier molecular flexibility index (Phi) is 42.3. The largest absolute Gasteiger partial charge is 0.462 e. The van der Waals surface area contributed by atoms with Crippen LogP contribution in [0.15, 0.2) is 0 Å². The number of carbonyl (C=O) groups excluding carboxylic acids is 3. The van der Waals surface area contributed by atoms with Crippen LogP contribution in [-0.4, -0.2) is 37.2 Å². The fraction of sp³-hybridized carbons (Fsp3) is 0.939. The molecule has 0 radical (unpaired) electrons. The lowest BCUT2D eigenvalue weighted by atomic mass is 10.0. The molecule has 0 aromatic heterocycles. The van der Waals surface area contributed by atoms with Gasteiger partial charge in [0.2, 0.25) is 0 Å². The first-order valence-corrected chi connectivity index (χ1v) is 24.4. The average molecular weight is 779 g/mol. The number of unbranched alkanes of at least 4 members (excludes halogenated alkanes) is 31. The molecule has 0 heterocycles. The van der Waals surface area contributed by atoms with E-state index in [4.69, 9.17) is 14.2 Å². The number of ether oxygens (including phenoxy) is 3. The van der Waals surface area contributed by atoms with Crippen LogP contribution in [0.2, 0.25) is 0 Å². The maximum atomic E-state index is 12.7. The van der Waals surface area contributed by atoms with Gasteiger partial charge < -0.3 is 14.2 Å². The van der Waals surface area contributed by atoms with Crippen molar-refractivity contribution in [1.29, 1.82) is 0 Å². The molecule has 6 heteroatoms. The molecule has 0 N–H and O–H groups in total. The van der Waals surface area contributed by atoms with Gasteiger partial charge in [0.1, 0.15) is 13.2 Å². The van der Waals surface area contributed by atoms with Gasteiger partial charge in [-0.2, -0.15) is 0 Å². The number of carbonyl (C=O) groups is 3. The van der Waals surface area contributed by atoms with Gasteiger partial charge in [0.25, 0.3) is 0 Å². The highest BCUT2D eigenvalue weighted by Gasteiger charge is 2.19. The minimum absolute atomic E-state index is 0.0641. The zero-order chi connectivity index (χ0) is 40.3. The van der Waals surface area contributed by atoms with E-state index in [2.05, 4.69) is 27.7 Å². The predicted octanol–water partition coefficient (Wildman–Crippen LogP) is 15.5. The Morgan fingerprint density at radius 2 is 0.600 bits per heavy atom. The Balaban J connectivity index is 4.13. The lowest BCUT2D eigenvalue weighted by molar-refractivity contribution is -0.167. The van der Waals surface area contributed by atoms with Crippen LogP contribution in [0.4, 0.5) is 0 Å². The molecule has 0 unspecified atom stereocenters. The molecule has 0 saturated carbocycles. The molecule has 0 spiro atoms. The highest BCUT2D eigenvalue weighted by molar-refractivity contribution is 5.71. The minimum atomic E-state index is -0.758. The van der Waals surface area contributed by atoms with E-state index in [1.807, 2.05) is 0 Å². The first-order chi connectivity index (χ1) is 26.9. The van der Waals surface area contributed by atoms with Gasteiger partial charge in [-0.15, -0.1) is 0 Å². The van der Waals surface area contributed by atoms with E-state index in [1.54, 1.807) is 0 Å². The second kappa shape index (κ2) is 43.5. The summed E-state index contributed by atoms with van der Waals surface area (Å²) in [5.41, 5.74) is 0. The standard InChI is InChI=1S/C49H94O6/c1-5-7-9-11-12-13-14-15-16-21-24-27-30-34-38-42-49(52)55-46(43-53-47(50)40-36-31-10-8-6-2)44-54-48(51)41-37-33-29-26-23-20-18-17-19-22-25-28-32-35-39-45(3)4/h45-46H,5-44H2,1-4H3/t46-/m1/s1. The Morgan fingerprint density at radius 1 is 0.345 bits per heavy atom. The molecule has 0 bridgehead atoms. The lowest BCUT2D eigenvalue weighted by Gasteiger charge is -2.18. The van der Waals surface area contributed by atoms with Crippen molar-refractivity contribution in [2.75, 3.05) is 13.2 Å². The van der Waals surface area contributed by atoms with Crippen molar-refractivity contribution in [2.45, 2.75) is 278 Å². The second-order valence-corrected chi connectivity index (χ2v) is 17.2. The van der Waals surface area contributed by atoms with E-state index < -0.39 is 6.10 Å². The van der Waals surface area contributed by atoms with E-state index in [0.717, 1.165) is 70.1 Å². The molecule has 0 aliphatic heterocycles. The summed E-state index contributed by atoms with van der Waals surface area (Å²) in [6.07, 6.45) is 44.0.